The second kappa shape index (κ2) is 14.3. The van der Waals surface area contributed by atoms with E-state index in [4.69, 9.17) is 0 Å². The monoisotopic (exact) mass is 670 g/mol. The first-order chi connectivity index (χ1) is 22.8. The number of anilines is 1. The van der Waals surface area contributed by atoms with Gasteiger partial charge in [0, 0.05) is 43.3 Å². The zero-order chi connectivity index (χ0) is 34.6. The first-order valence-corrected chi connectivity index (χ1v) is 16.9. The molecule has 2 atom stereocenters. The third-order valence-electron chi connectivity index (χ3n) is 8.10. The number of aromatic nitrogens is 2. The molecule has 1 aliphatic rings. The maximum absolute atomic E-state index is 14.0. The molecular weight excluding hydrogens is 632 g/mol. The molecule has 0 fully saturated rings. The lowest BCUT2D eigenvalue weighted by Gasteiger charge is -2.29. The minimum atomic E-state index is -4.30. The number of fused-ring (bicyclic) bond motifs is 1. The summed E-state index contributed by atoms with van der Waals surface area (Å²) in [6.07, 6.45) is 3.33. The number of imidazole rings is 1. The molecule has 48 heavy (non-hydrogen) atoms. The van der Waals surface area contributed by atoms with Crippen LogP contribution in [-0.4, -0.2) is 71.4 Å². The van der Waals surface area contributed by atoms with Crippen LogP contribution in [-0.2, 0) is 32.6 Å². The number of aromatic amines is 1. The van der Waals surface area contributed by atoms with Gasteiger partial charge < -0.3 is 20.3 Å². The highest BCUT2D eigenvalue weighted by atomic mass is 32.2. The molecule has 1 aromatic heterocycles. The largest absolute Gasteiger partial charge is 0.480 e. The van der Waals surface area contributed by atoms with Gasteiger partial charge in [0.15, 0.2) is 5.78 Å². The van der Waals surface area contributed by atoms with E-state index in [1.165, 1.54) is 11.1 Å². The maximum atomic E-state index is 14.0. The van der Waals surface area contributed by atoms with Gasteiger partial charge in [0.05, 0.1) is 10.6 Å². The summed E-state index contributed by atoms with van der Waals surface area (Å²) in [6, 6.07) is 16.1. The fraction of sp³-hybridized carbons (Fsp3) is 0.286. The second-order valence-corrected chi connectivity index (χ2v) is 13.7. The Labute approximate surface area is 279 Å². The number of amides is 1. The fourth-order valence-corrected chi connectivity index (χ4v) is 7.51. The van der Waals surface area contributed by atoms with Crippen molar-refractivity contribution in [2.45, 2.75) is 51.6 Å². The molecule has 13 heteroatoms. The van der Waals surface area contributed by atoms with Crippen molar-refractivity contribution in [2.75, 3.05) is 18.4 Å². The average Bonchev–Trinajstić information content (AvgIpc) is 3.45. The van der Waals surface area contributed by atoms with Gasteiger partial charge in [-0.3, -0.25) is 19.4 Å². The minimum Gasteiger partial charge on any atom is -0.480 e. The molecular formula is C35H38N6O6S. The van der Waals surface area contributed by atoms with Crippen LogP contribution in [0.4, 0.5) is 11.6 Å². The van der Waals surface area contributed by atoms with Crippen LogP contribution in [0.5, 0.6) is 0 Å². The Bertz CT molecular complexity index is 1970. The molecule has 3 aromatic carbocycles. The van der Waals surface area contributed by atoms with Gasteiger partial charge >= 0.3 is 5.97 Å². The minimum absolute atomic E-state index is 0.0124. The van der Waals surface area contributed by atoms with Gasteiger partial charge in [-0.15, -0.1) is 0 Å². The second-order valence-electron chi connectivity index (χ2n) is 12.0. The Kier molecular flexibility index (Phi) is 10.2. The van der Waals surface area contributed by atoms with Crippen molar-refractivity contribution in [1.29, 1.82) is 0 Å². The topological polar surface area (TPSA) is 174 Å². The normalized spacial score (nSPS) is 14.8. The Hall–Kier alpha value is -5.14. The van der Waals surface area contributed by atoms with Crippen molar-refractivity contribution >= 4 is 45.5 Å². The molecule has 250 valence electrons. The molecule has 0 spiro atoms. The van der Waals surface area contributed by atoms with E-state index in [0.717, 1.165) is 22.4 Å². The summed E-state index contributed by atoms with van der Waals surface area (Å²) in [5.74, 6) is -3.31. The maximum Gasteiger partial charge on any atom is 0.323 e. The Morgan fingerprint density at radius 2 is 1.71 bits per heavy atom. The van der Waals surface area contributed by atoms with Crippen LogP contribution in [0.2, 0.25) is 0 Å². The number of aliphatic imine (C=N–C) groups is 1. The van der Waals surface area contributed by atoms with Crippen molar-refractivity contribution in [1.82, 2.24) is 19.6 Å². The van der Waals surface area contributed by atoms with E-state index < -0.39 is 46.2 Å². The lowest BCUT2D eigenvalue weighted by molar-refractivity contribution is -0.140. The number of nitrogens with zero attached hydrogens (tertiary/aromatic N) is 3. The first-order valence-electron chi connectivity index (χ1n) is 15.4. The number of H-pyrrole nitrogens is 1. The third-order valence-corrected chi connectivity index (χ3v) is 9.87. The number of sulfonamides is 1. The molecule has 12 nitrogen and oxygen atoms in total. The molecule has 0 saturated carbocycles. The van der Waals surface area contributed by atoms with Crippen LogP contribution in [0, 0.1) is 33.6 Å². The smallest absolute Gasteiger partial charge is 0.323 e. The number of hydrogen-bond acceptors (Lipinski definition) is 8. The van der Waals surface area contributed by atoms with Gasteiger partial charge in [0.1, 0.15) is 12.0 Å². The molecule has 2 heterocycles. The van der Waals surface area contributed by atoms with E-state index in [2.05, 4.69) is 25.0 Å². The lowest BCUT2D eigenvalue weighted by atomic mass is 9.92. The number of Topliss-reactive ketones (excluding diaryl/α,β-unsaturated/α-hetero) is 1. The Balaban J connectivity index is 1.38. The molecule has 5 rings (SSSR count). The first kappa shape index (κ1) is 34.2. The van der Waals surface area contributed by atoms with Gasteiger partial charge in [-0.2, -0.15) is 4.72 Å². The van der Waals surface area contributed by atoms with Gasteiger partial charge in [-0.1, -0.05) is 54.1 Å². The number of hydrogen-bond donors (Lipinski definition) is 4. The van der Waals surface area contributed by atoms with Crippen molar-refractivity contribution in [3.05, 3.63) is 106 Å². The molecule has 4 aromatic rings. The van der Waals surface area contributed by atoms with Crippen molar-refractivity contribution in [3.63, 3.8) is 0 Å². The van der Waals surface area contributed by atoms with Crippen LogP contribution in [0.15, 0.2) is 76.7 Å². The quantitative estimate of drug-likeness (QED) is 0.153. The van der Waals surface area contributed by atoms with E-state index in [0.29, 0.717) is 35.7 Å². The van der Waals surface area contributed by atoms with Crippen LogP contribution in [0.25, 0.3) is 0 Å². The van der Waals surface area contributed by atoms with Crippen molar-refractivity contribution < 1.29 is 27.9 Å². The zero-order valence-corrected chi connectivity index (χ0v) is 28.0. The van der Waals surface area contributed by atoms with E-state index in [1.54, 1.807) is 50.4 Å². The Morgan fingerprint density at radius 3 is 2.35 bits per heavy atom. The number of aliphatic carboxylic acids is 1. The molecule has 4 N–H and O–H groups in total. The molecule has 1 amide bonds. The van der Waals surface area contributed by atoms with Crippen molar-refractivity contribution in [3.8, 4) is 0 Å². The van der Waals surface area contributed by atoms with Gasteiger partial charge in [-0.25, -0.2) is 13.4 Å². The molecule has 0 bridgehead atoms. The predicted molar refractivity (Wildman–Crippen MR) is 182 cm³/mol. The molecule has 1 aliphatic heterocycles. The van der Waals surface area contributed by atoms with Crippen LogP contribution < -0.4 is 10.0 Å². The molecule has 0 saturated heterocycles. The molecule has 0 aliphatic carbocycles. The van der Waals surface area contributed by atoms with Crippen LogP contribution in [0.3, 0.4) is 0 Å². The fourth-order valence-electron chi connectivity index (χ4n) is 5.88. The molecule has 0 radical (unpaired) electrons. The number of carboxylic acid groups (broad SMARTS) is 1. The predicted octanol–water partition coefficient (Wildman–Crippen LogP) is 4.27. The number of rotatable bonds is 13. The van der Waals surface area contributed by atoms with E-state index in [9.17, 15) is 27.9 Å². The summed E-state index contributed by atoms with van der Waals surface area (Å²) < 4.78 is 29.3. The van der Waals surface area contributed by atoms with Gasteiger partial charge in [0.25, 0.3) is 0 Å². The number of aryl methyl sites for hydroxylation is 4. The number of ketones is 1. The van der Waals surface area contributed by atoms with Crippen molar-refractivity contribution in [2.24, 2.45) is 10.9 Å². The number of carbonyl (C=O) groups is 3. The van der Waals surface area contributed by atoms with E-state index in [-0.39, 0.29) is 17.0 Å². The lowest BCUT2D eigenvalue weighted by Crippen LogP contribution is -2.52. The van der Waals surface area contributed by atoms with E-state index in [1.807, 2.05) is 44.2 Å². The zero-order valence-electron chi connectivity index (χ0n) is 27.1. The number of nitrogens with one attached hydrogen (secondary N) is 3. The molecule has 2 unspecified atom stereocenters. The van der Waals surface area contributed by atoms with Crippen LogP contribution >= 0.6 is 0 Å². The summed E-state index contributed by atoms with van der Waals surface area (Å²) in [4.78, 5) is 53.1. The van der Waals surface area contributed by atoms with Crippen LogP contribution in [0.1, 0.15) is 43.9 Å². The summed E-state index contributed by atoms with van der Waals surface area (Å²) >= 11 is 0. The summed E-state index contributed by atoms with van der Waals surface area (Å²) in [7, 11) is -4.30. The third kappa shape index (κ3) is 7.86. The van der Waals surface area contributed by atoms with E-state index >= 15 is 0 Å². The number of benzene rings is 3. The average molecular weight is 671 g/mol. The highest BCUT2D eigenvalue weighted by Crippen LogP contribution is 2.29. The summed E-state index contributed by atoms with van der Waals surface area (Å²) in [6.45, 7) is 6.98. The Morgan fingerprint density at radius 1 is 1.00 bits per heavy atom. The van der Waals surface area contributed by atoms with Gasteiger partial charge in [0.2, 0.25) is 21.9 Å². The highest BCUT2D eigenvalue weighted by Gasteiger charge is 2.37. The number of carboxylic acids is 1. The SMILES string of the molecule is Cc1cc(C)c(S(=O)(=O)NC(CN(CCc2ccccc2)C(=O)C2C=Nc3cc(CNc4ncc(C)[nH]4)ccc3C2=O)C(=O)O)c(C)c1. The summed E-state index contributed by atoms with van der Waals surface area (Å²) in [5.41, 5.74) is 5.12. The summed E-state index contributed by atoms with van der Waals surface area (Å²) in [5, 5.41) is 13.3. The highest BCUT2D eigenvalue weighted by molar-refractivity contribution is 7.89. The standard InChI is InChI=1S/C35H38N6O6S/c1-21-14-22(2)32(23(3)15-21)48(46,47)40-30(34(44)45)20-41(13-12-25-8-6-5-7-9-25)33(43)28-19-36-29-16-26(10-11-27(29)31(28)42)18-38-35-37-17-24(4)39-35/h5-11,14-17,19,28,30,40H,12-13,18,20H2,1-4H3,(H,44,45)(H2,37,38,39). The van der Waals surface area contributed by atoms with Gasteiger partial charge in [-0.05, 0) is 68.5 Å². The number of carbonyl (C=O) groups excluding carboxylic acids is 2.